The van der Waals surface area contributed by atoms with Crippen molar-refractivity contribution in [3.8, 4) is 48.4 Å². The zero-order chi connectivity index (χ0) is 35.7. The molecule has 0 heterocycles. The first-order valence-corrected chi connectivity index (χ1v) is 19.7. The van der Waals surface area contributed by atoms with Gasteiger partial charge in [-0.3, -0.25) is 0 Å². The molecule has 3 atom stereocenters. The van der Waals surface area contributed by atoms with Gasteiger partial charge in [-0.1, -0.05) is 155 Å². The summed E-state index contributed by atoms with van der Waals surface area (Å²) >= 11 is 0. The van der Waals surface area contributed by atoms with E-state index in [-0.39, 0.29) is 6.10 Å². The molecule has 0 rings (SSSR count). The summed E-state index contributed by atoms with van der Waals surface area (Å²) in [6.45, 7) is 0. The monoisotopic (exact) mass is 671 g/mol. The van der Waals surface area contributed by atoms with Crippen molar-refractivity contribution >= 4 is 0 Å². The zero-order valence-corrected chi connectivity index (χ0v) is 30.9. The van der Waals surface area contributed by atoms with Gasteiger partial charge in [0.1, 0.15) is 6.10 Å². The minimum absolute atomic E-state index is 0.294. The second-order valence-electron chi connectivity index (χ2n) is 13.1. The number of aliphatic hydroxyl groups is 3. The van der Waals surface area contributed by atoms with Crippen LogP contribution >= 0.6 is 0 Å². The lowest BCUT2D eigenvalue weighted by atomic mass is 10.0. The number of unbranched alkanes of at least 4 members (excludes halogenated alkanes) is 22. The SMILES string of the molecule is C#C/C=C\CCCCCCCCCCCCCCC(O)/C=C/CCC/C=C\CCCCC#C[C@H](O)C#CCCCCCC/C=C/[C@@H](O)C#C. The Bertz CT molecular complexity index is 1060. The van der Waals surface area contributed by atoms with Crippen LogP contribution in [0.15, 0.2) is 48.6 Å². The van der Waals surface area contributed by atoms with E-state index in [0.29, 0.717) is 0 Å². The molecule has 49 heavy (non-hydrogen) atoms. The van der Waals surface area contributed by atoms with E-state index in [2.05, 4.69) is 59.8 Å². The average molecular weight is 671 g/mol. The van der Waals surface area contributed by atoms with E-state index in [9.17, 15) is 15.3 Å². The molecule has 0 aliphatic carbocycles. The van der Waals surface area contributed by atoms with Crippen molar-refractivity contribution in [2.45, 2.75) is 192 Å². The third kappa shape index (κ3) is 39.4. The fourth-order valence-electron chi connectivity index (χ4n) is 5.43. The van der Waals surface area contributed by atoms with Gasteiger partial charge in [0.25, 0.3) is 0 Å². The van der Waals surface area contributed by atoms with Gasteiger partial charge in [-0.2, -0.15) is 0 Å². The first-order valence-electron chi connectivity index (χ1n) is 19.7. The molecule has 0 aromatic heterocycles. The van der Waals surface area contributed by atoms with E-state index in [4.69, 9.17) is 12.8 Å². The summed E-state index contributed by atoms with van der Waals surface area (Å²) in [4.78, 5) is 0. The number of aliphatic hydroxyl groups excluding tert-OH is 3. The third-order valence-electron chi connectivity index (χ3n) is 8.41. The van der Waals surface area contributed by atoms with Crippen LogP contribution in [0.5, 0.6) is 0 Å². The van der Waals surface area contributed by atoms with Gasteiger partial charge in [0.2, 0.25) is 0 Å². The van der Waals surface area contributed by atoms with Crippen molar-refractivity contribution in [3.63, 3.8) is 0 Å². The number of terminal acetylenes is 2. The molecule has 0 saturated heterocycles. The molecule has 1 unspecified atom stereocenters. The summed E-state index contributed by atoms with van der Waals surface area (Å²) in [7, 11) is 0. The Morgan fingerprint density at radius 1 is 0.449 bits per heavy atom. The van der Waals surface area contributed by atoms with Gasteiger partial charge in [0, 0.05) is 12.8 Å². The van der Waals surface area contributed by atoms with Crippen LogP contribution in [0, 0.1) is 48.4 Å². The molecule has 0 radical (unpaired) electrons. The lowest BCUT2D eigenvalue weighted by Gasteiger charge is -2.06. The van der Waals surface area contributed by atoms with Crippen LogP contribution < -0.4 is 0 Å². The molecule has 0 amide bonds. The number of allylic oxidation sites excluding steroid dienone is 6. The van der Waals surface area contributed by atoms with E-state index >= 15 is 0 Å². The van der Waals surface area contributed by atoms with E-state index in [1.54, 1.807) is 6.08 Å². The molecule has 0 spiro atoms. The maximum absolute atomic E-state index is 10.2. The van der Waals surface area contributed by atoms with E-state index in [1.807, 2.05) is 18.2 Å². The second kappa shape index (κ2) is 39.5. The van der Waals surface area contributed by atoms with Crippen molar-refractivity contribution < 1.29 is 15.3 Å². The van der Waals surface area contributed by atoms with Gasteiger partial charge < -0.3 is 15.3 Å². The molecule has 3 nitrogen and oxygen atoms in total. The van der Waals surface area contributed by atoms with Crippen LogP contribution in [-0.2, 0) is 0 Å². The first-order chi connectivity index (χ1) is 24.1. The summed E-state index contributed by atoms with van der Waals surface area (Å²) in [6.07, 6.45) is 55.6. The predicted molar refractivity (Wildman–Crippen MR) is 212 cm³/mol. The minimum Gasteiger partial charge on any atom is -0.389 e. The maximum atomic E-state index is 10.2. The molecule has 0 aromatic rings. The minimum atomic E-state index is -0.850. The lowest BCUT2D eigenvalue weighted by Crippen LogP contribution is -2.01. The Labute approximate surface area is 303 Å². The highest BCUT2D eigenvalue weighted by molar-refractivity contribution is 5.19. The molecule has 0 aliphatic heterocycles. The normalized spacial score (nSPS) is 13.2. The number of hydrogen-bond donors (Lipinski definition) is 3. The highest BCUT2D eigenvalue weighted by Crippen LogP contribution is 2.14. The standard InChI is InChI=1S/C46H70O3/c1-3-5-6-7-8-9-10-11-12-13-14-16-19-25-30-35-40-45(48)41-36-31-26-20-17-15-18-21-27-32-37-42-46(49)43-38-33-28-23-22-24-29-34-39-44(47)4-2/h1-2,5-6,15,17,34,36,39,41,44-49H,7-14,16,18-33,35,40H2/b6-5-,17-15-,39-34+,41-36+/t44-,45?,46-/m0/s1. The van der Waals surface area contributed by atoms with Crippen molar-refractivity contribution in [2.24, 2.45) is 0 Å². The van der Waals surface area contributed by atoms with Gasteiger partial charge in [-0.15, -0.1) is 12.8 Å². The van der Waals surface area contributed by atoms with E-state index in [1.165, 1.54) is 70.6 Å². The average Bonchev–Trinajstić information content (AvgIpc) is 3.10. The molecule has 0 aromatic carbocycles. The predicted octanol–water partition coefficient (Wildman–Crippen LogP) is 11.1. The van der Waals surface area contributed by atoms with Crippen LogP contribution in [-0.4, -0.2) is 33.6 Å². The number of hydrogen-bond acceptors (Lipinski definition) is 3. The Hall–Kier alpha value is -2.92. The topological polar surface area (TPSA) is 60.7 Å². The van der Waals surface area contributed by atoms with Crippen LogP contribution in [0.3, 0.4) is 0 Å². The van der Waals surface area contributed by atoms with Crippen LogP contribution in [0.4, 0.5) is 0 Å². The molecule has 0 bridgehead atoms. The Morgan fingerprint density at radius 3 is 1.47 bits per heavy atom. The van der Waals surface area contributed by atoms with Crippen molar-refractivity contribution in [1.29, 1.82) is 0 Å². The fourth-order valence-corrected chi connectivity index (χ4v) is 5.43. The first kappa shape index (κ1) is 46.1. The molecule has 3 N–H and O–H groups in total. The number of rotatable bonds is 31. The van der Waals surface area contributed by atoms with E-state index in [0.717, 1.165) is 103 Å². The van der Waals surface area contributed by atoms with E-state index < -0.39 is 12.2 Å². The van der Waals surface area contributed by atoms with Gasteiger partial charge in [-0.25, -0.2) is 0 Å². The molecule has 0 saturated carbocycles. The third-order valence-corrected chi connectivity index (χ3v) is 8.41. The van der Waals surface area contributed by atoms with Gasteiger partial charge in [0.15, 0.2) is 6.10 Å². The van der Waals surface area contributed by atoms with Crippen molar-refractivity contribution in [2.75, 3.05) is 0 Å². The van der Waals surface area contributed by atoms with Gasteiger partial charge in [-0.05, 0) is 89.2 Å². The van der Waals surface area contributed by atoms with Crippen LogP contribution in [0.2, 0.25) is 0 Å². The smallest absolute Gasteiger partial charge is 0.176 e. The molecule has 0 aliphatic rings. The fraction of sp³-hybridized carbons (Fsp3) is 0.652. The van der Waals surface area contributed by atoms with Crippen LogP contribution in [0.25, 0.3) is 0 Å². The largest absolute Gasteiger partial charge is 0.389 e. The Morgan fingerprint density at radius 2 is 0.878 bits per heavy atom. The lowest BCUT2D eigenvalue weighted by molar-refractivity contribution is 0.207. The summed E-state index contributed by atoms with van der Waals surface area (Å²) < 4.78 is 0. The summed E-state index contributed by atoms with van der Waals surface area (Å²) in [5.74, 6) is 16.6. The highest BCUT2D eigenvalue weighted by Gasteiger charge is 1.99. The Balaban J connectivity index is 3.51. The maximum Gasteiger partial charge on any atom is 0.176 e. The quantitative estimate of drug-likeness (QED) is 0.0391. The van der Waals surface area contributed by atoms with Crippen molar-refractivity contribution in [1.82, 2.24) is 0 Å². The molecule has 3 heteroatoms. The molecular formula is C46H70O3. The Kier molecular flexibility index (Phi) is 37.2. The summed E-state index contributed by atoms with van der Waals surface area (Å²) in [5.41, 5.74) is 0. The zero-order valence-electron chi connectivity index (χ0n) is 30.9. The van der Waals surface area contributed by atoms with Gasteiger partial charge in [0.05, 0.1) is 6.10 Å². The van der Waals surface area contributed by atoms with Crippen molar-refractivity contribution in [3.05, 3.63) is 48.6 Å². The summed E-state index contributed by atoms with van der Waals surface area (Å²) in [5, 5.41) is 29.4. The van der Waals surface area contributed by atoms with Crippen LogP contribution in [0.1, 0.15) is 173 Å². The second-order valence-corrected chi connectivity index (χ2v) is 13.1. The highest BCUT2D eigenvalue weighted by atomic mass is 16.3. The summed E-state index contributed by atoms with van der Waals surface area (Å²) in [6, 6.07) is 0. The molecule has 0 fully saturated rings. The van der Waals surface area contributed by atoms with Gasteiger partial charge >= 0.3 is 0 Å². The molecular weight excluding hydrogens is 601 g/mol. The molecule has 272 valence electrons.